The van der Waals surface area contributed by atoms with Crippen LogP contribution in [0.15, 0.2) is 34.8 Å². The molecule has 29 heavy (non-hydrogen) atoms. The van der Waals surface area contributed by atoms with Gasteiger partial charge in [0, 0.05) is 45.5 Å². The van der Waals surface area contributed by atoms with Gasteiger partial charge in [-0.1, -0.05) is 12.1 Å². The summed E-state index contributed by atoms with van der Waals surface area (Å²) in [7, 11) is 1.74. The first kappa shape index (κ1) is 25.2. The molecule has 0 aliphatic heterocycles. The molecule has 2 aromatic rings. The third-order valence-corrected chi connectivity index (χ3v) is 5.23. The van der Waals surface area contributed by atoms with Gasteiger partial charge in [0.1, 0.15) is 4.88 Å². The summed E-state index contributed by atoms with van der Waals surface area (Å²) in [5.41, 5.74) is 4.94. The Kier molecular flexibility index (Phi) is 11.6. The lowest BCUT2D eigenvalue weighted by Gasteiger charge is -2.24. The highest BCUT2D eigenvalue weighted by atomic mass is 127. The number of anilines is 1. The van der Waals surface area contributed by atoms with Crippen molar-refractivity contribution in [3.63, 3.8) is 0 Å². The number of amides is 1. The second-order valence-corrected chi connectivity index (χ2v) is 7.22. The van der Waals surface area contributed by atoms with Gasteiger partial charge in [-0.25, -0.2) is 4.98 Å². The minimum Gasteiger partial charge on any atom is -0.370 e. The van der Waals surface area contributed by atoms with Crippen molar-refractivity contribution in [1.82, 2.24) is 20.9 Å². The normalized spacial score (nSPS) is 10.8. The molecule has 9 heteroatoms. The summed E-state index contributed by atoms with van der Waals surface area (Å²) >= 11 is 1.36. The first-order valence-electron chi connectivity index (χ1n) is 9.49. The molecule has 0 saturated carbocycles. The van der Waals surface area contributed by atoms with Crippen molar-refractivity contribution < 1.29 is 4.79 Å². The van der Waals surface area contributed by atoms with Crippen LogP contribution in [0.5, 0.6) is 0 Å². The molecule has 0 aliphatic carbocycles. The summed E-state index contributed by atoms with van der Waals surface area (Å²) in [4.78, 5) is 23.4. The molecule has 1 aromatic heterocycles. The molecule has 160 valence electrons. The van der Waals surface area contributed by atoms with E-state index in [2.05, 4.69) is 68.9 Å². The van der Waals surface area contributed by atoms with Gasteiger partial charge in [0.05, 0.1) is 11.2 Å². The molecule has 7 nitrogen and oxygen atoms in total. The number of guanidine groups is 1. The van der Waals surface area contributed by atoms with Gasteiger partial charge < -0.3 is 20.9 Å². The van der Waals surface area contributed by atoms with Crippen LogP contribution in [0.4, 0.5) is 5.69 Å². The van der Waals surface area contributed by atoms with E-state index in [-0.39, 0.29) is 29.9 Å². The number of aliphatic imine (C=N–C) groups is 1. The van der Waals surface area contributed by atoms with Gasteiger partial charge in [-0.15, -0.1) is 35.3 Å². The second-order valence-electron chi connectivity index (χ2n) is 6.37. The number of likely N-dealkylation sites (N-methyl/N-ethyl adjacent to an activating group) is 1. The second kappa shape index (κ2) is 13.4. The molecule has 1 aromatic carbocycles. The van der Waals surface area contributed by atoms with E-state index in [9.17, 15) is 4.79 Å². The third kappa shape index (κ3) is 8.17. The van der Waals surface area contributed by atoms with Crippen LogP contribution in [0.3, 0.4) is 0 Å². The number of hydrogen-bond acceptors (Lipinski definition) is 5. The first-order valence-corrected chi connectivity index (χ1v) is 10.4. The minimum atomic E-state index is -0.0820. The lowest BCUT2D eigenvalue weighted by molar-refractivity contribution is 0.0957. The summed E-state index contributed by atoms with van der Waals surface area (Å²) in [5.74, 6) is 0.644. The van der Waals surface area contributed by atoms with Crippen LogP contribution in [0.1, 0.15) is 27.9 Å². The molecule has 2 rings (SSSR count). The van der Waals surface area contributed by atoms with Crippen molar-refractivity contribution in [2.45, 2.75) is 20.8 Å². The van der Waals surface area contributed by atoms with Crippen molar-refractivity contribution in [1.29, 1.82) is 0 Å². The Morgan fingerprint density at radius 2 is 1.90 bits per heavy atom. The molecule has 3 N–H and O–H groups in total. The monoisotopic (exact) mass is 530 g/mol. The number of carbonyl (C=O) groups is 1. The van der Waals surface area contributed by atoms with Crippen LogP contribution in [-0.2, 0) is 0 Å². The highest BCUT2D eigenvalue weighted by Crippen LogP contribution is 2.15. The lowest BCUT2D eigenvalue weighted by atomic mass is 10.2. The van der Waals surface area contributed by atoms with Gasteiger partial charge in [0.15, 0.2) is 5.96 Å². The number of benzene rings is 1. The van der Waals surface area contributed by atoms with Crippen molar-refractivity contribution >= 4 is 52.9 Å². The molecule has 0 atom stereocenters. The molecular weight excluding hydrogens is 499 g/mol. The Balaban J connectivity index is 0.00000420. The Bertz CT molecular complexity index is 795. The maximum Gasteiger partial charge on any atom is 0.263 e. The number of aryl methyl sites for hydroxylation is 2. The molecule has 0 spiro atoms. The molecule has 0 unspecified atom stereocenters. The van der Waals surface area contributed by atoms with E-state index in [4.69, 9.17) is 0 Å². The molecule has 1 amide bonds. The average molecular weight is 530 g/mol. The van der Waals surface area contributed by atoms with Gasteiger partial charge in [0.2, 0.25) is 0 Å². The third-order valence-electron chi connectivity index (χ3n) is 4.30. The number of aromatic nitrogens is 1. The minimum absolute atomic E-state index is 0. The van der Waals surface area contributed by atoms with Gasteiger partial charge in [-0.05, 0) is 38.5 Å². The standard InChI is InChI=1S/C20H30N6OS.HI/c1-5-26(17-8-6-7-15(2)13-17)12-11-24-20(21-4)23-10-9-22-19(27)18-16(3)25-14-28-18;/h6-8,13-14H,5,9-12H2,1-4H3,(H,22,27)(H2,21,23,24);1H. The van der Waals surface area contributed by atoms with Crippen LogP contribution >= 0.6 is 35.3 Å². The number of halogens is 1. The van der Waals surface area contributed by atoms with Gasteiger partial charge in [-0.2, -0.15) is 0 Å². The number of carbonyl (C=O) groups excluding carboxylic acids is 1. The summed E-state index contributed by atoms with van der Waals surface area (Å²) in [6, 6.07) is 8.53. The largest absolute Gasteiger partial charge is 0.370 e. The number of nitrogens with one attached hydrogen (secondary N) is 3. The predicted molar refractivity (Wildman–Crippen MR) is 133 cm³/mol. The van der Waals surface area contributed by atoms with Gasteiger partial charge in [-0.3, -0.25) is 9.79 Å². The topological polar surface area (TPSA) is 81.6 Å². The quantitative estimate of drug-likeness (QED) is 0.201. The van der Waals surface area contributed by atoms with Crippen molar-refractivity contribution in [3.8, 4) is 0 Å². The molecule has 0 bridgehead atoms. The number of hydrogen-bond donors (Lipinski definition) is 3. The highest BCUT2D eigenvalue weighted by molar-refractivity contribution is 14.0. The van der Waals surface area contributed by atoms with Crippen LogP contribution in [0.25, 0.3) is 0 Å². The highest BCUT2D eigenvalue weighted by Gasteiger charge is 2.10. The van der Waals surface area contributed by atoms with Crippen LogP contribution in [0.2, 0.25) is 0 Å². The zero-order chi connectivity index (χ0) is 20.4. The fourth-order valence-electron chi connectivity index (χ4n) is 2.78. The van der Waals surface area contributed by atoms with Crippen LogP contribution in [-0.4, -0.2) is 56.6 Å². The number of thiazole rings is 1. The number of rotatable bonds is 9. The van der Waals surface area contributed by atoms with E-state index < -0.39 is 0 Å². The zero-order valence-corrected chi connectivity index (χ0v) is 20.6. The summed E-state index contributed by atoms with van der Waals surface area (Å²) < 4.78 is 0. The molecule has 0 saturated heterocycles. The SMILES string of the molecule is CCN(CCNC(=NC)NCCNC(=O)c1scnc1C)c1cccc(C)c1.I. The zero-order valence-electron chi connectivity index (χ0n) is 17.5. The van der Waals surface area contributed by atoms with Crippen molar-refractivity contribution in [2.75, 3.05) is 44.7 Å². The van der Waals surface area contributed by atoms with Gasteiger partial charge in [0.25, 0.3) is 5.91 Å². The summed E-state index contributed by atoms with van der Waals surface area (Å²) in [6.45, 7) is 9.81. The van der Waals surface area contributed by atoms with Gasteiger partial charge >= 0.3 is 0 Å². The molecule has 0 radical (unpaired) electrons. The maximum absolute atomic E-state index is 12.1. The Morgan fingerprint density at radius 1 is 1.17 bits per heavy atom. The van der Waals surface area contributed by atoms with E-state index >= 15 is 0 Å². The molecule has 0 fully saturated rings. The Morgan fingerprint density at radius 3 is 2.52 bits per heavy atom. The summed E-state index contributed by atoms with van der Waals surface area (Å²) in [6.07, 6.45) is 0. The fourth-order valence-corrected chi connectivity index (χ4v) is 3.50. The maximum atomic E-state index is 12.1. The van der Waals surface area contributed by atoms with E-state index in [0.717, 1.165) is 31.3 Å². The molecule has 0 aliphatic rings. The lowest BCUT2D eigenvalue weighted by Crippen LogP contribution is -2.44. The van der Waals surface area contributed by atoms with Crippen molar-refractivity contribution in [3.05, 3.63) is 45.9 Å². The summed E-state index contributed by atoms with van der Waals surface area (Å²) in [5, 5.41) is 9.43. The smallest absolute Gasteiger partial charge is 0.263 e. The molecule has 1 heterocycles. The first-order chi connectivity index (χ1) is 13.5. The van der Waals surface area contributed by atoms with E-state index in [1.807, 2.05) is 6.92 Å². The Hall–Kier alpha value is -1.88. The van der Waals surface area contributed by atoms with Crippen molar-refractivity contribution in [2.24, 2.45) is 4.99 Å². The average Bonchev–Trinajstić information content (AvgIpc) is 3.12. The van der Waals surface area contributed by atoms with Crippen LogP contribution in [0, 0.1) is 13.8 Å². The Labute approximate surface area is 194 Å². The fraction of sp³-hybridized carbons (Fsp3) is 0.450. The van der Waals surface area contributed by atoms with E-state index in [1.165, 1.54) is 22.6 Å². The van der Waals surface area contributed by atoms with E-state index in [0.29, 0.717) is 18.0 Å². The van der Waals surface area contributed by atoms with Crippen LogP contribution < -0.4 is 20.9 Å². The van der Waals surface area contributed by atoms with E-state index in [1.54, 1.807) is 12.6 Å². The predicted octanol–water partition coefficient (Wildman–Crippen LogP) is 2.80. The molecular formula is C20H31IN6OS. The number of nitrogens with zero attached hydrogens (tertiary/aromatic N) is 3.